The molecule has 1 unspecified atom stereocenters. The van der Waals surface area contributed by atoms with E-state index >= 15 is 0 Å². The first kappa shape index (κ1) is 14.9. The highest BCUT2D eigenvalue weighted by Gasteiger charge is 2.23. The highest BCUT2D eigenvalue weighted by Crippen LogP contribution is 2.13. The molecular weight excluding hydrogens is 248 g/mol. The molecule has 1 heterocycles. The zero-order valence-electron chi connectivity index (χ0n) is 12.8. The van der Waals surface area contributed by atoms with Crippen LogP contribution in [-0.2, 0) is 6.54 Å². The van der Waals surface area contributed by atoms with E-state index in [1.807, 2.05) is 14.1 Å². The Morgan fingerprint density at radius 1 is 1.30 bits per heavy atom. The summed E-state index contributed by atoms with van der Waals surface area (Å²) in [6, 6.07) is 11.2. The van der Waals surface area contributed by atoms with Gasteiger partial charge in [-0.1, -0.05) is 30.3 Å². The summed E-state index contributed by atoms with van der Waals surface area (Å²) in [5.74, 6) is 0.999. The molecule has 1 N–H and O–H groups in total. The lowest BCUT2D eigenvalue weighted by molar-refractivity contribution is 0.238. The van der Waals surface area contributed by atoms with Gasteiger partial charge in [0.2, 0.25) is 0 Å². The average molecular weight is 274 g/mol. The normalized spacial score (nSPS) is 21.6. The highest BCUT2D eigenvalue weighted by molar-refractivity contribution is 5.79. The number of rotatable bonds is 2. The zero-order valence-corrected chi connectivity index (χ0v) is 12.8. The highest BCUT2D eigenvalue weighted by atomic mass is 15.3. The van der Waals surface area contributed by atoms with Crippen molar-refractivity contribution in [1.82, 2.24) is 15.1 Å². The molecule has 1 aliphatic rings. The van der Waals surface area contributed by atoms with Gasteiger partial charge in [0.15, 0.2) is 5.96 Å². The Morgan fingerprint density at radius 3 is 2.70 bits per heavy atom. The molecule has 110 valence electrons. The molecule has 1 atom stereocenters. The number of nitrogens with zero attached hydrogens (tertiary/aromatic N) is 3. The molecule has 0 bridgehead atoms. The second-order valence-corrected chi connectivity index (χ2v) is 5.41. The number of benzene rings is 1. The van der Waals surface area contributed by atoms with Gasteiger partial charge in [0.1, 0.15) is 0 Å². The van der Waals surface area contributed by atoms with E-state index in [1.165, 1.54) is 12.0 Å². The van der Waals surface area contributed by atoms with Crippen LogP contribution in [0, 0.1) is 0 Å². The van der Waals surface area contributed by atoms with Crippen LogP contribution in [0.15, 0.2) is 35.3 Å². The minimum atomic E-state index is 0.479. The van der Waals surface area contributed by atoms with Crippen molar-refractivity contribution in [3.63, 3.8) is 0 Å². The minimum Gasteiger partial charge on any atom is -0.359 e. The predicted molar refractivity (Wildman–Crippen MR) is 84.9 cm³/mol. The molecule has 20 heavy (non-hydrogen) atoms. The van der Waals surface area contributed by atoms with Crippen molar-refractivity contribution in [1.29, 1.82) is 0 Å². The monoisotopic (exact) mass is 274 g/mol. The van der Waals surface area contributed by atoms with Crippen LogP contribution in [0.25, 0.3) is 0 Å². The summed E-state index contributed by atoms with van der Waals surface area (Å²) in [5, 5.41) is 3.20. The van der Waals surface area contributed by atoms with Gasteiger partial charge in [-0.05, 0) is 18.9 Å². The number of hydrogen-bond acceptors (Lipinski definition) is 2. The van der Waals surface area contributed by atoms with Gasteiger partial charge >= 0.3 is 0 Å². The molecule has 2 rings (SSSR count). The number of nitrogens with one attached hydrogen (secondary N) is 1. The SMILES string of the molecule is CN=C(NC)N1CCCN(Cc2ccccc2)CC1C. The molecule has 0 amide bonds. The number of guanidine groups is 1. The summed E-state index contributed by atoms with van der Waals surface area (Å²) >= 11 is 0. The van der Waals surface area contributed by atoms with Crippen LogP contribution in [0.3, 0.4) is 0 Å². The summed E-state index contributed by atoms with van der Waals surface area (Å²) in [5.41, 5.74) is 1.39. The molecule has 1 saturated heterocycles. The van der Waals surface area contributed by atoms with Crippen molar-refractivity contribution >= 4 is 5.96 Å². The van der Waals surface area contributed by atoms with Gasteiger partial charge in [0, 0.05) is 46.3 Å². The van der Waals surface area contributed by atoms with E-state index in [9.17, 15) is 0 Å². The van der Waals surface area contributed by atoms with Crippen LogP contribution >= 0.6 is 0 Å². The van der Waals surface area contributed by atoms with Crippen LogP contribution in [0.1, 0.15) is 18.9 Å². The van der Waals surface area contributed by atoms with E-state index in [4.69, 9.17) is 0 Å². The molecule has 4 nitrogen and oxygen atoms in total. The fourth-order valence-electron chi connectivity index (χ4n) is 2.93. The molecule has 1 aromatic carbocycles. The molecule has 0 aromatic heterocycles. The standard InChI is InChI=1S/C16H26N4/c1-14-12-19(13-15-8-5-4-6-9-15)10-7-11-20(14)16(17-2)18-3/h4-6,8-9,14H,7,10-13H2,1-3H3,(H,17,18). The molecule has 1 aliphatic heterocycles. The Bertz CT molecular complexity index is 429. The van der Waals surface area contributed by atoms with Gasteiger partial charge in [-0.15, -0.1) is 0 Å². The molecule has 4 heteroatoms. The maximum Gasteiger partial charge on any atom is 0.193 e. The fourth-order valence-corrected chi connectivity index (χ4v) is 2.93. The van der Waals surface area contributed by atoms with Crippen LogP contribution in [0.2, 0.25) is 0 Å². The van der Waals surface area contributed by atoms with E-state index < -0.39 is 0 Å². The van der Waals surface area contributed by atoms with Gasteiger partial charge in [0.05, 0.1) is 0 Å². The Hall–Kier alpha value is -1.55. The number of aliphatic imine (C=N–C) groups is 1. The summed E-state index contributed by atoms with van der Waals surface area (Å²) < 4.78 is 0. The van der Waals surface area contributed by atoms with E-state index in [2.05, 4.69) is 57.4 Å². The van der Waals surface area contributed by atoms with Crippen molar-refractivity contribution < 1.29 is 0 Å². The lowest BCUT2D eigenvalue weighted by atomic mass is 10.2. The van der Waals surface area contributed by atoms with Gasteiger partial charge in [-0.2, -0.15) is 0 Å². The Morgan fingerprint density at radius 2 is 2.05 bits per heavy atom. The van der Waals surface area contributed by atoms with E-state index in [-0.39, 0.29) is 0 Å². The fraction of sp³-hybridized carbons (Fsp3) is 0.562. The first-order chi connectivity index (χ1) is 9.74. The zero-order chi connectivity index (χ0) is 14.4. The Balaban J connectivity index is 1.99. The van der Waals surface area contributed by atoms with Gasteiger partial charge in [-0.25, -0.2) is 0 Å². The van der Waals surface area contributed by atoms with E-state index in [0.717, 1.165) is 32.1 Å². The summed E-state index contributed by atoms with van der Waals surface area (Å²) in [7, 11) is 3.80. The molecule has 0 aliphatic carbocycles. The largest absolute Gasteiger partial charge is 0.359 e. The van der Waals surface area contributed by atoms with Crippen LogP contribution in [0.4, 0.5) is 0 Å². The third-order valence-electron chi connectivity index (χ3n) is 3.88. The average Bonchev–Trinajstić information content (AvgIpc) is 2.64. The first-order valence-electron chi connectivity index (χ1n) is 7.42. The van der Waals surface area contributed by atoms with Crippen LogP contribution < -0.4 is 5.32 Å². The van der Waals surface area contributed by atoms with Crippen molar-refractivity contribution in [2.75, 3.05) is 33.7 Å². The summed E-state index contributed by atoms with van der Waals surface area (Å²) in [6.45, 7) is 6.62. The number of hydrogen-bond donors (Lipinski definition) is 1. The van der Waals surface area contributed by atoms with Crippen molar-refractivity contribution in [3.8, 4) is 0 Å². The first-order valence-corrected chi connectivity index (χ1v) is 7.42. The van der Waals surface area contributed by atoms with Crippen molar-refractivity contribution in [3.05, 3.63) is 35.9 Å². The van der Waals surface area contributed by atoms with Gasteiger partial charge < -0.3 is 10.2 Å². The quantitative estimate of drug-likeness (QED) is 0.659. The predicted octanol–water partition coefficient (Wildman–Crippen LogP) is 1.79. The molecule has 1 fully saturated rings. The van der Waals surface area contributed by atoms with Crippen molar-refractivity contribution in [2.24, 2.45) is 4.99 Å². The molecular formula is C16H26N4. The maximum absolute atomic E-state index is 4.34. The third kappa shape index (κ3) is 3.73. The van der Waals surface area contributed by atoms with Gasteiger partial charge in [0.25, 0.3) is 0 Å². The summed E-state index contributed by atoms with van der Waals surface area (Å²) in [6.07, 6.45) is 1.18. The Kier molecular flexibility index (Phi) is 5.41. The maximum atomic E-state index is 4.34. The van der Waals surface area contributed by atoms with E-state index in [0.29, 0.717) is 6.04 Å². The van der Waals surface area contributed by atoms with Crippen LogP contribution in [0.5, 0.6) is 0 Å². The second kappa shape index (κ2) is 7.29. The summed E-state index contributed by atoms with van der Waals surface area (Å²) in [4.78, 5) is 9.27. The Labute approximate surface area is 122 Å². The van der Waals surface area contributed by atoms with Crippen LogP contribution in [-0.4, -0.2) is 55.5 Å². The third-order valence-corrected chi connectivity index (χ3v) is 3.88. The van der Waals surface area contributed by atoms with E-state index in [1.54, 1.807) is 0 Å². The topological polar surface area (TPSA) is 30.9 Å². The van der Waals surface area contributed by atoms with Crippen molar-refractivity contribution in [2.45, 2.75) is 25.9 Å². The molecule has 0 spiro atoms. The molecule has 0 radical (unpaired) electrons. The smallest absolute Gasteiger partial charge is 0.193 e. The lowest BCUT2D eigenvalue weighted by Gasteiger charge is -2.31. The second-order valence-electron chi connectivity index (χ2n) is 5.41. The minimum absolute atomic E-state index is 0.479. The molecule has 1 aromatic rings. The lowest BCUT2D eigenvalue weighted by Crippen LogP contribution is -2.47. The molecule has 0 saturated carbocycles. The van der Waals surface area contributed by atoms with Gasteiger partial charge in [-0.3, -0.25) is 9.89 Å².